The van der Waals surface area contributed by atoms with Crippen LogP contribution in [0.2, 0.25) is 0 Å². The smallest absolute Gasteiger partial charge is 0.275 e. The van der Waals surface area contributed by atoms with Crippen molar-refractivity contribution < 1.29 is 14.4 Å². The van der Waals surface area contributed by atoms with Crippen molar-refractivity contribution in [2.24, 2.45) is 0 Å². The van der Waals surface area contributed by atoms with Crippen LogP contribution in [0.15, 0.2) is 60.7 Å². The molecule has 1 unspecified atom stereocenters. The van der Waals surface area contributed by atoms with Gasteiger partial charge in [0.25, 0.3) is 11.8 Å². The van der Waals surface area contributed by atoms with Gasteiger partial charge in [0.15, 0.2) is 0 Å². The number of imide groups is 2. The van der Waals surface area contributed by atoms with Crippen LogP contribution in [0.4, 0.5) is 10.5 Å². The molecule has 2 aromatic rings. The summed E-state index contributed by atoms with van der Waals surface area (Å²) in [5, 5.41) is 2.14. The van der Waals surface area contributed by atoms with E-state index < -0.39 is 22.7 Å². The molecule has 0 aliphatic carbocycles. The van der Waals surface area contributed by atoms with E-state index in [0.29, 0.717) is 11.3 Å². The van der Waals surface area contributed by atoms with Crippen LogP contribution in [0.1, 0.15) is 5.56 Å². The van der Waals surface area contributed by atoms with E-state index in [4.69, 9.17) is 11.6 Å². The molecule has 1 saturated heterocycles. The molecule has 2 aromatic carbocycles. The molecule has 6 heteroatoms. The summed E-state index contributed by atoms with van der Waals surface area (Å²) in [4.78, 5) is 35.9. The number of para-hydroxylation sites is 1. The van der Waals surface area contributed by atoms with Gasteiger partial charge in [-0.1, -0.05) is 60.1 Å². The molecule has 5 nitrogen and oxygen atoms in total. The van der Waals surface area contributed by atoms with Gasteiger partial charge in [0.2, 0.25) is 4.87 Å². The lowest BCUT2D eigenvalue weighted by molar-refractivity contribution is -0.132. The van der Waals surface area contributed by atoms with Crippen LogP contribution in [-0.4, -0.2) is 17.8 Å². The van der Waals surface area contributed by atoms with Gasteiger partial charge in [0.05, 0.1) is 5.69 Å². The second-order valence-corrected chi connectivity index (χ2v) is 5.33. The van der Waals surface area contributed by atoms with Crippen LogP contribution in [0, 0.1) is 0 Å². The minimum atomic E-state index is -1.97. The minimum Gasteiger partial charge on any atom is -0.275 e. The quantitative estimate of drug-likeness (QED) is 0.684. The second kappa shape index (κ2) is 5.27. The first kappa shape index (κ1) is 14.3. The number of amides is 4. The predicted octanol–water partition coefficient (Wildman–Crippen LogP) is 2.40. The van der Waals surface area contributed by atoms with Crippen LogP contribution in [0.3, 0.4) is 0 Å². The lowest BCUT2D eigenvalue weighted by atomic mass is 9.93. The van der Waals surface area contributed by atoms with E-state index in [1.54, 1.807) is 60.7 Å². The van der Waals surface area contributed by atoms with E-state index in [9.17, 15) is 14.4 Å². The number of alkyl halides is 1. The van der Waals surface area contributed by atoms with E-state index >= 15 is 0 Å². The molecule has 0 radical (unpaired) electrons. The van der Waals surface area contributed by atoms with E-state index in [-0.39, 0.29) is 0 Å². The molecular formula is C16H11ClN2O3. The number of halogens is 1. The Morgan fingerprint density at radius 1 is 0.864 bits per heavy atom. The van der Waals surface area contributed by atoms with Crippen molar-refractivity contribution in [3.63, 3.8) is 0 Å². The number of barbiturate groups is 1. The lowest BCUT2D eigenvalue weighted by Crippen LogP contribution is -2.64. The first-order valence-electron chi connectivity index (χ1n) is 6.54. The van der Waals surface area contributed by atoms with Crippen LogP contribution in [-0.2, 0) is 14.5 Å². The van der Waals surface area contributed by atoms with Gasteiger partial charge in [-0.25, -0.2) is 9.69 Å². The zero-order valence-electron chi connectivity index (χ0n) is 11.3. The molecule has 3 rings (SSSR count). The third kappa shape index (κ3) is 2.07. The number of anilines is 1. The topological polar surface area (TPSA) is 66.5 Å². The Labute approximate surface area is 131 Å². The molecule has 1 aliphatic rings. The highest BCUT2D eigenvalue weighted by Gasteiger charge is 2.54. The normalized spacial score (nSPS) is 21.7. The first-order chi connectivity index (χ1) is 10.5. The summed E-state index contributed by atoms with van der Waals surface area (Å²) in [5.41, 5.74) is 0.658. The average Bonchev–Trinajstić information content (AvgIpc) is 2.54. The van der Waals surface area contributed by atoms with Crippen molar-refractivity contribution in [2.75, 3.05) is 4.90 Å². The number of carbonyl (C=O) groups excluding carboxylic acids is 3. The standard InChI is InChI=1S/C16H11ClN2O3/c17-16(11-7-3-1-4-8-11)13(20)18-15(22)19(14(16)21)12-9-5-2-6-10-12/h1-10H,(H,18,20,22). The number of carbonyl (C=O) groups is 3. The van der Waals surface area contributed by atoms with Crippen molar-refractivity contribution in [1.29, 1.82) is 0 Å². The first-order valence-corrected chi connectivity index (χ1v) is 6.92. The van der Waals surface area contributed by atoms with Gasteiger partial charge in [0, 0.05) is 0 Å². The Morgan fingerprint density at radius 3 is 2.00 bits per heavy atom. The predicted molar refractivity (Wildman–Crippen MR) is 81.4 cm³/mol. The number of rotatable bonds is 2. The molecule has 1 heterocycles. The molecule has 0 aromatic heterocycles. The van der Waals surface area contributed by atoms with Crippen LogP contribution in [0.5, 0.6) is 0 Å². The van der Waals surface area contributed by atoms with Gasteiger partial charge in [-0.05, 0) is 17.7 Å². The van der Waals surface area contributed by atoms with E-state index in [2.05, 4.69) is 5.32 Å². The molecule has 0 spiro atoms. The van der Waals surface area contributed by atoms with Crippen molar-refractivity contribution in [3.8, 4) is 0 Å². The highest BCUT2D eigenvalue weighted by Crippen LogP contribution is 2.36. The second-order valence-electron chi connectivity index (χ2n) is 4.76. The van der Waals surface area contributed by atoms with E-state index in [1.807, 2.05) is 0 Å². The maximum atomic E-state index is 12.8. The lowest BCUT2D eigenvalue weighted by Gasteiger charge is -2.35. The number of hydrogen-bond donors (Lipinski definition) is 1. The molecule has 0 bridgehead atoms. The van der Waals surface area contributed by atoms with Crippen molar-refractivity contribution >= 4 is 35.1 Å². The summed E-state index contributed by atoms with van der Waals surface area (Å²) in [5.74, 6) is -1.64. The Morgan fingerprint density at radius 2 is 1.41 bits per heavy atom. The summed E-state index contributed by atoms with van der Waals surface area (Å²) in [6.45, 7) is 0. The van der Waals surface area contributed by atoms with E-state index in [1.165, 1.54) is 0 Å². The highest BCUT2D eigenvalue weighted by molar-refractivity contribution is 6.52. The monoisotopic (exact) mass is 314 g/mol. The fourth-order valence-electron chi connectivity index (χ4n) is 2.32. The Hall–Kier alpha value is -2.66. The molecule has 4 amide bonds. The van der Waals surface area contributed by atoms with Gasteiger partial charge >= 0.3 is 6.03 Å². The average molecular weight is 315 g/mol. The summed E-state index contributed by atoms with van der Waals surface area (Å²) < 4.78 is 0. The molecule has 1 atom stereocenters. The summed E-state index contributed by atoms with van der Waals surface area (Å²) in [6, 6.07) is 15.7. The Balaban J connectivity index is 2.11. The minimum absolute atomic E-state index is 0.313. The number of urea groups is 1. The fourth-order valence-corrected chi connectivity index (χ4v) is 2.57. The molecule has 1 fully saturated rings. The van der Waals surface area contributed by atoms with Gasteiger partial charge in [-0.15, -0.1) is 0 Å². The molecule has 22 heavy (non-hydrogen) atoms. The SMILES string of the molecule is O=C1NC(=O)C(Cl)(c2ccccc2)C(=O)N1c1ccccc1. The van der Waals surface area contributed by atoms with Crippen molar-refractivity contribution in [1.82, 2.24) is 5.32 Å². The highest BCUT2D eigenvalue weighted by atomic mass is 35.5. The van der Waals surface area contributed by atoms with Crippen molar-refractivity contribution in [3.05, 3.63) is 66.2 Å². The number of benzene rings is 2. The van der Waals surface area contributed by atoms with Gasteiger partial charge in [-0.3, -0.25) is 14.9 Å². The van der Waals surface area contributed by atoms with Gasteiger partial charge in [0.1, 0.15) is 0 Å². The van der Waals surface area contributed by atoms with E-state index in [0.717, 1.165) is 4.90 Å². The fraction of sp³-hybridized carbons (Fsp3) is 0.0625. The van der Waals surface area contributed by atoms with Crippen molar-refractivity contribution in [2.45, 2.75) is 4.87 Å². The largest absolute Gasteiger partial charge is 0.335 e. The third-order valence-corrected chi connectivity index (χ3v) is 3.97. The number of hydrogen-bond acceptors (Lipinski definition) is 3. The Kier molecular flexibility index (Phi) is 3.42. The maximum absolute atomic E-state index is 12.8. The maximum Gasteiger partial charge on any atom is 0.335 e. The molecule has 110 valence electrons. The Bertz CT molecular complexity index is 749. The summed E-state index contributed by atoms with van der Waals surface area (Å²) in [6.07, 6.45) is 0. The zero-order chi connectivity index (χ0) is 15.7. The zero-order valence-corrected chi connectivity index (χ0v) is 12.1. The van der Waals surface area contributed by atoms with Crippen LogP contribution in [0.25, 0.3) is 0 Å². The molecular weight excluding hydrogens is 304 g/mol. The number of nitrogens with one attached hydrogen (secondary N) is 1. The van der Waals surface area contributed by atoms with Gasteiger partial charge < -0.3 is 0 Å². The molecule has 1 aliphatic heterocycles. The van der Waals surface area contributed by atoms with Crippen LogP contribution < -0.4 is 10.2 Å². The van der Waals surface area contributed by atoms with Gasteiger partial charge in [-0.2, -0.15) is 0 Å². The van der Waals surface area contributed by atoms with Crippen LogP contribution >= 0.6 is 11.6 Å². The molecule has 1 N–H and O–H groups in total. The number of nitrogens with zero attached hydrogens (tertiary/aromatic N) is 1. The molecule has 0 saturated carbocycles. The summed E-state index contributed by atoms with van der Waals surface area (Å²) in [7, 11) is 0. The third-order valence-electron chi connectivity index (χ3n) is 3.42. The summed E-state index contributed by atoms with van der Waals surface area (Å²) >= 11 is 6.36.